The predicted octanol–water partition coefficient (Wildman–Crippen LogP) is 3.61. The van der Waals surface area contributed by atoms with Gasteiger partial charge in [-0.05, 0) is 29.8 Å². The molecule has 4 heteroatoms. The zero-order valence-corrected chi connectivity index (χ0v) is 10.1. The van der Waals surface area contributed by atoms with Gasteiger partial charge in [0.2, 0.25) is 0 Å². The molecule has 0 fully saturated rings. The van der Waals surface area contributed by atoms with Gasteiger partial charge in [0.05, 0.1) is 0 Å². The predicted molar refractivity (Wildman–Crippen MR) is 69.7 cm³/mol. The number of hydrogen-bond acceptors (Lipinski definition) is 3. The lowest BCUT2D eigenvalue weighted by Crippen LogP contribution is -1.88. The Morgan fingerprint density at radius 2 is 1.94 bits per heavy atom. The number of aromatic nitrogens is 1. The van der Waals surface area contributed by atoms with Gasteiger partial charge in [0.25, 0.3) is 0 Å². The maximum Gasteiger partial charge on any atom is 0.0466 e. The highest BCUT2D eigenvalue weighted by Crippen LogP contribution is 2.27. The summed E-state index contributed by atoms with van der Waals surface area (Å²) >= 11 is 7.82. The Bertz CT molecular complexity index is 474. The van der Waals surface area contributed by atoms with Gasteiger partial charge < -0.3 is 5.73 Å². The molecular weight excluding hydrogens is 240 g/mol. The first-order valence-electron chi connectivity index (χ1n) is 4.82. The summed E-state index contributed by atoms with van der Waals surface area (Å²) in [5.41, 5.74) is 7.43. The molecule has 2 rings (SSSR count). The van der Waals surface area contributed by atoms with Gasteiger partial charge in [-0.3, -0.25) is 4.98 Å². The number of nitrogens with zero attached hydrogens (tertiary/aromatic N) is 1. The topological polar surface area (TPSA) is 38.9 Å². The summed E-state index contributed by atoms with van der Waals surface area (Å²) in [4.78, 5) is 5.16. The van der Waals surface area contributed by atoms with Crippen LogP contribution in [0.15, 0.2) is 47.6 Å². The lowest BCUT2D eigenvalue weighted by atomic mass is 10.2. The molecule has 16 heavy (non-hydrogen) atoms. The standard InChI is InChI=1S/C12H11ClN2S/c13-12-7-10(14)2-1-9(12)8-16-11-3-5-15-6-4-11/h1-7H,8,14H2. The minimum atomic E-state index is 0.697. The quantitative estimate of drug-likeness (QED) is 0.668. The molecule has 2 aromatic rings. The Balaban J connectivity index is 2.05. The number of anilines is 1. The van der Waals surface area contributed by atoms with Crippen molar-refractivity contribution in [2.24, 2.45) is 0 Å². The number of rotatable bonds is 3. The highest BCUT2D eigenvalue weighted by Gasteiger charge is 2.01. The lowest BCUT2D eigenvalue weighted by Gasteiger charge is -2.04. The van der Waals surface area contributed by atoms with E-state index in [1.807, 2.05) is 24.3 Å². The Labute approximate surface area is 104 Å². The number of halogens is 1. The van der Waals surface area contributed by atoms with Crippen molar-refractivity contribution in [3.05, 3.63) is 53.3 Å². The molecule has 0 saturated carbocycles. The summed E-state index contributed by atoms with van der Waals surface area (Å²) in [5.74, 6) is 0.836. The summed E-state index contributed by atoms with van der Waals surface area (Å²) in [7, 11) is 0. The fraction of sp³-hybridized carbons (Fsp3) is 0.0833. The van der Waals surface area contributed by atoms with Crippen LogP contribution in [0, 0.1) is 0 Å². The van der Waals surface area contributed by atoms with Gasteiger partial charge in [-0.25, -0.2) is 0 Å². The summed E-state index contributed by atoms with van der Waals surface area (Å²) < 4.78 is 0. The van der Waals surface area contributed by atoms with E-state index in [9.17, 15) is 0 Å². The summed E-state index contributed by atoms with van der Waals surface area (Å²) in [6, 6.07) is 9.58. The maximum atomic E-state index is 6.09. The van der Waals surface area contributed by atoms with Crippen LogP contribution in [0.4, 0.5) is 5.69 Å². The molecule has 82 valence electrons. The second-order valence-corrected chi connectivity index (χ2v) is 4.78. The van der Waals surface area contributed by atoms with Crippen LogP contribution in [0.5, 0.6) is 0 Å². The first kappa shape index (κ1) is 11.3. The number of thioether (sulfide) groups is 1. The van der Waals surface area contributed by atoms with E-state index in [1.165, 1.54) is 4.90 Å². The maximum absolute atomic E-state index is 6.09. The molecule has 0 atom stereocenters. The minimum absolute atomic E-state index is 0.697. The summed E-state index contributed by atoms with van der Waals surface area (Å²) in [6.07, 6.45) is 3.57. The number of hydrogen-bond donors (Lipinski definition) is 1. The Kier molecular flexibility index (Phi) is 3.70. The summed E-state index contributed by atoms with van der Waals surface area (Å²) in [6.45, 7) is 0. The molecule has 0 unspecified atom stereocenters. The van der Waals surface area contributed by atoms with Crippen molar-refractivity contribution in [3.8, 4) is 0 Å². The molecular formula is C12H11ClN2S. The monoisotopic (exact) mass is 250 g/mol. The number of nitrogen functional groups attached to an aromatic ring is 1. The molecule has 1 aromatic heterocycles. The van der Waals surface area contributed by atoms with Crippen LogP contribution < -0.4 is 5.73 Å². The first-order valence-corrected chi connectivity index (χ1v) is 6.19. The Hall–Kier alpha value is -1.19. The molecule has 0 spiro atoms. The lowest BCUT2D eigenvalue weighted by molar-refractivity contribution is 1.26. The molecule has 0 radical (unpaired) electrons. The smallest absolute Gasteiger partial charge is 0.0466 e. The SMILES string of the molecule is Nc1ccc(CSc2ccncc2)c(Cl)c1. The van der Waals surface area contributed by atoms with E-state index in [1.54, 1.807) is 30.2 Å². The average Bonchev–Trinajstić information content (AvgIpc) is 2.29. The van der Waals surface area contributed by atoms with E-state index in [2.05, 4.69) is 4.98 Å². The van der Waals surface area contributed by atoms with Gasteiger partial charge in [0, 0.05) is 33.8 Å². The van der Waals surface area contributed by atoms with Crippen LogP contribution in [0.2, 0.25) is 5.02 Å². The highest BCUT2D eigenvalue weighted by atomic mass is 35.5. The number of nitrogens with two attached hydrogens (primary N) is 1. The van der Waals surface area contributed by atoms with E-state index in [0.29, 0.717) is 5.69 Å². The van der Waals surface area contributed by atoms with Crippen LogP contribution in [-0.4, -0.2) is 4.98 Å². The largest absolute Gasteiger partial charge is 0.399 e. The van der Waals surface area contributed by atoms with Crippen molar-refractivity contribution in [2.45, 2.75) is 10.6 Å². The van der Waals surface area contributed by atoms with Crippen molar-refractivity contribution in [1.82, 2.24) is 4.98 Å². The van der Waals surface area contributed by atoms with Crippen LogP contribution >= 0.6 is 23.4 Å². The van der Waals surface area contributed by atoms with Gasteiger partial charge >= 0.3 is 0 Å². The first-order chi connectivity index (χ1) is 7.75. The molecule has 0 aliphatic carbocycles. The molecule has 1 aromatic carbocycles. The van der Waals surface area contributed by atoms with Gasteiger partial charge in [-0.15, -0.1) is 11.8 Å². The normalized spacial score (nSPS) is 10.3. The summed E-state index contributed by atoms with van der Waals surface area (Å²) in [5, 5.41) is 0.724. The second-order valence-electron chi connectivity index (χ2n) is 3.32. The zero-order chi connectivity index (χ0) is 11.4. The van der Waals surface area contributed by atoms with E-state index < -0.39 is 0 Å². The number of benzene rings is 1. The Morgan fingerprint density at radius 1 is 1.19 bits per heavy atom. The molecule has 0 saturated heterocycles. The second kappa shape index (κ2) is 5.23. The van der Waals surface area contributed by atoms with Crippen LogP contribution in [0.3, 0.4) is 0 Å². The fourth-order valence-corrected chi connectivity index (χ4v) is 2.50. The van der Waals surface area contributed by atoms with Crippen molar-refractivity contribution in [1.29, 1.82) is 0 Å². The third kappa shape index (κ3) is 2.90. The average molecular weight is 251 g/mol. The van der Waals surface area contributed by atoms with E-state index >= 15 is 0 Å². The molecule has 2 N–H and O–H groups in total. The van der Waals surface area contributed by atoms with Gasteiger partial charge in [0.1, 0.15) is 0 Å². The molecule has 1 heterocycles. The Morgan fingerprint density at radius 3 is 2.62 bits per heavy atom. The molecule has 2 nitrogen and oxygen atoms in total. The third-order valence-corrected chi connectivity index (χ3v) is 3.53. The van der Waals surface area contributed by atoms with Gasteiger partial charge in [-0.1, -0.05) is 17.7 Å². The fourth-order valence-electron chi connectivity index (χ4n) is 1.28. The van der Waals surface area contributed by atoms with E-state index in [4.69, 9.17) is 17.3 Å². The minimum Gasteiger partial charge on any atom is -0.399 e. The van der Waals surface area contributed by atoms with E-state index in [0.717, 1.165) is 16.3 Å². The molecule has 0 amide bonds. The highest BCUT2D eigenvalue weighted by molar-refractivity contribution is 7.98. The zero-order valence-electron chi connectivity index (χ0n) is 8.56. The van der Waals surface area contributed by atoms with Gasteiger partial charge in [0.15, 0.2) is 0 Å². The van der Waals surface area contributed by atoms with Crippen molar-refractivity contribution >= 4 is 29.1 Å². The van der Waals surface area contributed by atoms with Gasteiger partial charge in [-0.2, -0.15) is 0 Å². The van der Waals surface area contributed by atoms with E-state index in [-0.39, 0.29) is 0 Å². The van der Waals surface area contributed by atoms with Crippen LogP contribution in [0.1, 0.15) is 5.56 Å². The molecule has 0 aliphatic heterocycles. The van der Waals surface area contributed by atoms with Crippen molar-refractivity contribution < 1.29 is 0 Å². The van der Waals surface area contributed by atoms with Crippen molar-refractivity contribution in [3.63, 3.8) is 0 Å². The van der Waals surface area contributed by atoms with Crippen LogP contribution in [-0.2, 0) is 5.75 Å². The van der Waals surface area contributed by atoms with Crippen molar-refractivity contribution in [2.75, 3.05) is 5.73 Å². The number of pyridine rings is 1. The molecule has 0 bridgehead atoms. The third-order valence-electron chi connectivity index (χ3n) is 2.12. The molecule has 0 aliphatic rings. The van der Waals surface area contributed by atoms with Crippen LogP contribution in [0.25, 0.3) is 0 Å².